The molecule has 1 aliphatic rings. The van der Waals surface area contributed by atoms with Gasteiger partial charge in [0.2, 0.25) is 0 Å². The SMILES string of the molecule is Cc1ccc(NC(=O)COC(=O)CC2CCCC2)c(C)c1. The zero-order valence-corrected chi connectivity index (χ0v) is 12.8. The number of nitrogens with one attached hydrogen (secondary N) is 1. The van der Waals surface area contributed by atoms with Crippen LogP contribution in [0.15, 0.2) is 18.2 Å². The van der Waals surface area contributed by atoms with E-state index in [0.29, 0.717) is 12.3 Å². The molecular weight excluding hydrogens is 266 g/mol. The zero-order chi connectivity index (χ0) is 15.2. The van der Waals surface area contributed by atoms with Gasteiger partial charge in [-0.1, -0.05) is 30.5 Å². The molecule has 1 aromatic carbocycles. The molecule has 0 bridgehead atoms. The summed E-state index contributed by atoms with van der Waals surface area (Å²) >= 11 is 0. The van der Waals surface area contributed by atoms with Crippen LogP contribution in [-0.4, -0.2) is 18.5 Å². The smallest absolute Gasteiger partial charge is 0.306 e. The number of benzene rings is 1. The summed E-state index contributed by atoms with van der Waals surface area (Å²) in [6.45, 7) is 3.73. The van der Waals surface area contributed by atoms with E-state index in [9.17, 15) is 9.59 Å². The van der Waals surface area contributed by atoms with Crippen molar-refractivity contribution in [2.75, 3.05) is 11.9 Å². The molecule has 0 aliphatic heterocycles. The summed E-state index contributed by atoms with van der Waals surface area (Å²) in [7, 11) is 0. The number of hydrogen-bond donors (Lipinski definition) is 1. The fraction of sp³-hybridized carbons (Fsp3) is 0.529. The Morgan fingerprint density at radius 3 is 2.62 bits per heavy atom. The van der Waals surface area contributed by atoms with Gasteiger partial charge < -0.3 is 10.1 Å². The highest BCUT2D eigenvalue weighted by Crippen LogP contribution is 2.27. The fourth-order valence-electron chi connectivity index (χ4n) is 2.80. The first kappa shape index (κ1) is 15.5. The molecule has 114 valence electrons. The molecular formula is C17H23NO3. The highest BCUT2D eigenvalue weighted by Gasteiger charge is 2.19. The molecule has 1 N–H and O–H groups in total. The predicted octanol–water partition coefficient (Wildman–Crippen LogP) is 3.37. The van der Waals surface area contributed by atoms with Crippen LogP contribution in [0.3, 0.4) is 0 Å². The van der Waals surface area contributed by atoms with Crippen molar-refractivity contribution in [3.05, 3.63) is 29.3 Å². The van der Waals surface area contributed by atoms with Gasteiger partial charge >= 0.3 is 5.97 Å². The van der Waals surface area contributed by atoms with Crippen molar-refractivity contribution in [1.82, 2.24) is 0 Å². The number of ether oxygens (including phenoxy) is 1. The second kappa shape index (κ2) is 7.25. The first-order chi connectivity index (χ1) is 10.0. The molecule has 21 heavy (non-hydrogen) atoms. The first-order valence-corrected chi connectivity index (χ1v) is 7.57. The maximum atomic E-state index is 11.8. The van der Waals surface area contributed by atoms with Gasteiger partial charge in [-0.2, -0.15) is 0 Å². The minimum atomic E-state index is -0.290. The van der Waals surface area contributed by atoms with Crippen LogP contribution in [0.25, 0.3) is 0 Å². The molecule has 0 unspecified atom stereocenters. The van der Waals surface area contributed by atoms with E-state index < -0.39 is 0 Å². The molecule has 1 aliphatic carbocycles. The number of carbonyl (C=O) groups excluding carboxylic acids is 2. The summed E-state index contributed by atoms with van der Waals surface area (Å²) in [5, 5.41) is 2.77. The number of esters is 1. The molecule has 0 heterocycles. The minimum absolute atomic E-state index is 0.209. The molecule has 0 saturated heterocycles. The average molecular weight is 289 g/mol. The van der Waals surface area contributed by atoms with Gasteiger partial charge in [-0.05, 0) is 44.2 Å². The van der Waals surface area contributed by atoms with Gasteiger partial charge in [-0.15, -0.1) is 0 Å². The van der Waals surface area contributed by atoms with E-state index >= 15 is 0 Å². The van der Waals surface area contributed by atoms with Crippen LogP contribution in [0.5, 0.6) is 0 Å². The van der Waals surface area contributed by atoms with Gasteiger partial charge in [0, 0.05) is 12.1 Å². The normalized spacial score (nSPS) is 15.0. The van der Waals surface area contributed by atoms with Crippen LogP contribution in [0.2, 0.25) is 0 Å². The molecule has 2 rings (SSSR count). The maximum Gasteiger partial charge on any atom is 0.306 e. The number of hydrogen-bond acceptors (Lipinski definition) is 3. The summed E-state index contributed by atoms with van der Waals surface area (Å²) in [5.74, 6) is -0.112. The van der Waals surface area contributed by atoms with Crippen molar-refractivity contribution in [2.24, 2.45) is 5.92 Å². The third kappa shape index (κ3) is 4.88. The van der Waals surface area contributed by atoms with E-state index in [-0.39, 0.29) is 18.5 Å². The van der Waals surface area contributed by atoms with Crippen molar-refractivity contribution in [1.29, 1.82) is 0 Å². The number of amides is 1. The predicted molar refractivity (Wildman–Crippen MR) is 82.1 cm³/mol. The Morgan fingerprint density at radius 1 is 1.24 bits per heavy atom. The maximum absolute atomic E-state index is 11.8. The van der Waals surface area contributed by atoms with Crippen molar-refractivity contribution >= 4 is 17.6 Å². The largest absolute Gasteiger partial charge is 0.456 e. The van der Waals surface area contributed by atoms with E-state index in [4.69, 9.17) is 4.74 Å². The number of carbonyl (C=O) groups is 2. The Balaban J connectivity index is 1.75. The molecule has 0 atom stereocenters. The summed E-state index contributed by atoms with van der Waals surface area (Å²) in [6.07, 6.45) is 5.04. The van der Waals surface area contributed by atoms with E-state index in [2.05, 4.69) is 5.32 Å². The van der Waals surface area contributed by atoms with Crippen LogP contribution < -0.4 is 5.32 Å². The van der Waals surface area contributed by atoms with Gasteiger partial charge in [-0.25, -0.2) is 0 Å². The third-order valence-corrected chi connectivity index (χ3v) is 3.95. The van der Waals surface area contributed by atoms with Gasteiger partial charge in [-0.3, -0.25) is 9.59 Å². The molecule has 0 spiro atoms. The van der Waals surface area contributed by atoms with Gasteiger partial charge in [0.25, 0.3) is 5.91 Å². The van der Waals surface area contributed by atoms with Gasteiger partial charge in [0.05, 0.1) is 0 Å². The average Bonchev–Trinajstić information content (AvgIpc) is 2.92. The van der Waals surface area contributed by atoms with Crippen molar-refractivity contribution in [3.8, 4) is 0 Å². The fourth-order valence-corrected chi connectivity index (χ4v) is 2.80. The second-order valence-corrected chi connectivity index (χ2v) is 5.88. The lowest BCUT2D eigenvalue weighted by molar-refractivity contribution is -0.148. The Labute approximate surface area is 125 Å². The molecule has 0 radical (unpaired) electrons. The Kier molecular flexibility index (Phi) is 5.37. The third-order valence-electron chi connectivity index (χ3n) is 3.95. The lowest BCUT2D eigenvalue weighted by atomic mass is 10.0. The van der Waals surface area contributed by atoms with E-state index in [0.717, 1.165) is 29.7 Å². The van der Waals surface area contributed by atoms with Crippen molar-refractivity contribution in [3.63, 3.8) is 0 Å². The van der Waals surface area contributed by atoms with Crippen molar-refractivity contribution in [2.45, 2.75) is 46.0 Å². The van der Waals surface area contributed by atoms with E-state index in [1.807, 2.05) is 32.0 Å². The molecule has 1 aromatic rings. The standard InChI is InChI=1S/C17H23NO3/c1-12-7-8-15(13(2)9-12)18-16(19)11-21-17(20)10-14-5-3-4-6-14/h7-9,14H,3-6,10-11H2,1-2H3,(H,18,19). The van der Waals surface area contributed by atoms with Crippen molar-refractivity contribution < 1.29 is 14.3 Å². The molecule has 0 aromatic heterocycles. The highest BCUT2D eigenvalue weighted by molar-refractivity contribution is 5.93. The number of aryl methyl sites for hydroxylation is 2. The Morgan fingerprint density at radius 2 is 1.95 bits per heavy atom. The molecule has 1 saturated carbocycles. The number of rotatable bonds is 5. The van der Waals surface area contributed by atoms with Crippen LogP contribution in [0.1, 0.15) is 43.2 Å². The molecule has 1 fully saturated rings. The zero-order valence-electron chi connectivity index (χ0n) is 12.8. The summed E-state index contributed by atoms with van der Waals surface area (Å²) in [5.41, 5.74) is 2.91. The molecule has 1 amide bonds. The summed E-state index contributed by atoms with van der Waals surface area (Å²) in [4.78, 5) is 23.5. The lowest BCUT2D eigenvalue weighted by Gasteiger charge is -2.11. The Bertz CT molecular complexity index is 519. The lowest BCUT2D eigenvalue weighted by Crippen LogP contribution is -2.22. The summed E-state index contributed by atoms with van der Waals surface area (Å²) in [6, 6.07) is 5.80. The van der Waals surface area contributed by atoms with Crippen LogP contribution in [0, 0.1) is 19.8 Å². The Hall–Kier alpha value is -1.84. The first-order valence-electron chi connectivity index (χ1n) is 7.57. The van der Waals surface area contributed by atoms with E-state index in [1.54, 1.807) is 0 Å². The second-order valence-electron chi connectivity index (χ2n) is 5.88. The topological polar surface area (TPSA) is 55.4 Å². The van der Waals surface area contributed by atoms with Crippen LogP contribution in [0.4, 0.5) is 5.69 Å². The van der Waals surface area contributed by atoms with Crippen LogP contribution >= 0.6 is 0 Å². The van der Waals surface area contributed by atoms with Crippen LogP contribution in [-0.2, 0) is 14.3 Å². The van der Waals surface area contributed by atoms with Gasteiger partial charge in [0.1, 0.15) is 0 Å². The minimum Gasteiger partial charge on any atom is -0.456 e. The number of anilines is 1. The summed E-state index contributed by atoms with van der Waals surface area (Å²) < 4.78 is 5.05. The quantitative estimate of drug-likeness (QED) is 0.846. The monoisotopic (exact) mass is 289 g/mol. The molecule has 4 heteroatoms. The molecule has 4 nitrogen and oxygen atoms in total. The highest BCUT2D eigenvalue weighted by atomic mass is 16.5. The van der Waals surface area contributed by atoms with E-state index in [1.165, 1.54) is 12.8 Å². The van der Waals surface area contributed by atoms with Gasteiger partial charge in [0.15, 0.2) is 6.61 Å².